The Kier molecular flexibility index (Phi) is 3.81. The summed E-state index contributed by atoms with van der Waals surface area (Å²) >= 11 is 3.35. The molecule has 1 atom stereocenters. The van der Waals surface area contributed by atoms with E-state index in [4.69, 9.17) is 10.00 Å². The van der Waals surface area contributed by atoms with Gasteiger partial charge in [-0.2, -0.15) is 5.26 Å². The number of rotatable bonds is 2. The van der Waals surface area contributed by atoms with Crippen molar-refractivity contribution in [2.24, 2.45) is 0 Å². The molecular formula is C12H13BrN2O. The van der Waals surface area contributed by atoms with Crippen LogP contribution in [-0.4, -0.2) is 19.2 Å². The molecule has 0 saturated carbocycles. The van der Waals surface area contributed by atoms with Crippen LogP contribution in [0.1, 0.15) is 18.4 Å². The van der Waals surface area contributed by atoms with Crippen molar-refractivity contribution in [2.45, 2.75) is 18.9 Å². The Morgan fingerprint density at radius 2 is 2.38 bits per heavy atom. The zero-order chi connectivity index (χ0) is 11.4. The van der Waals surface area contributed by atoms with E-state index in [9.17, 15) is 0 Å². The van der Waals surface area contributed by atoms with Gasteiger partial charge in [-0.3, -0.25) is 0 Å². The fraction of sp³-hybridized carbons (Fsp3) is 0.417. The number of nitriles is 1. The van der Waals surface area contributed by atoms with Gasteiger partial charge in [-0.25, -0.2) is 0 Å². The van der Waals surface area contributed by atoms with Crippen molar-refractivity contribution in [3.63, 3.8) is 0 Å². The molecule has 4 heteroatoms. The Hall–Kier alpha value is -1.05. The first kappa shape index (κ1) is 11.4. The maximum atomic E-state index is 9.05. The first-order valence-electron chi connectivity index (χ1n) is 5.37. The SMILES string of the molecule is N#Cc1c(Br)cccc1O[C@H]1CCCNC1. The van der Waals surface area contributed by atoms with Crippen LogP contribution in [-0.2, 0) is 0 Å². The summed E-state index contributed by atoms with van der Waals surface area (Å²) in [5, 5.41) is 12.3. The van der Waals surface area contributed by atoms with Gasteiger partial charge in [-0.1, -0.05) is 6.07 Å². The zero-order valence-corrected chi connectivity index (χ0v) is 10.5. The Bertz CT molecular complexity index is 408. The smallest absolute Gasteiger partial charge is 0.138 e. The lowest BCUT2D eigenvalue weighted by atomic mass is 10.1. The number of ether oxygens (including phenoxy) is 1. The monoisotopic (exact) mass is 280 g/mol. The van der Waals surface area contributed by atoms with Crippen molar-refractivity contribution in [3.8, 4) is 11.8 Å². The van der Waals surface area contributed by atoms with Gasteiger partial charge in [-0.05, 0) is 47.4 Å². The van der Waals surface area contributed by atoms with E-state index in [1.165, 1.54) is 0 Å². The van der Waals surface area contributed by atoms with Gasteiger partial charge in [-0.15, -0.1) is 0 Å². The van der Waals surface area contributed by atoms with E-state index >= 15 is 0 Å². The van der Waals surface area contributed by atoms with E-state index in [1.807, 2.05) is 18.2 Å². The molecule has 1 fully saturated rings. The molecule has 1 N–H and O–H groups in total. The predicted molar refractivity (Wildman–Crippen MR) is 65.4 cm³/mol. The fourth-order valence-corrected chi connectivity index (χ4v) is 2.25. The minimum atomic E-state index is 0.176. The maximum Gasteiger partial charge on any atom is 0.138 e. The number of benzene rings is 1. The van der Waals surface area contributed by atoms with Gasteiger partial charge < -0.3 is 10.1 Å². The minimum Gasteiger partial charge on any atom is -0.488 e. The molecule has 16 heavy (non-hydrogen) atoms. The van der Waals surface area contributed by atoms with Crippen molar-refractivity contribution in [2.75, 3.05) is 13.1 Å². The normalized spacial score (nSPS) is 20.1. The summed E-state index contributed by atoms with van der Waals surface area (Å²) in [6.07, 6.45) is 2.35. The Morgan fingerprint density at radius 1 is 1.50 bits per heavy atom. The molecule has 0 aliphatic carbocycles. The number of hydrogen-bond donors (Lipinski definition) is 1. The van der Waals surface area contributed by atoms with Crippen molar-refractivity contribution >= 4 is 15.9 Å². The largest absolute Gasteiger partial charge is 0.488 e. The highest BCUT2D eigenvalue weighted by Crippen LogP contribution is 2.27. The molecule has 0 bridgehead atoms. The van der Waals surface area contributed by atoms with Crippen LogP contribution in [0.5, 0.6) is 5.75 Å². The average Bonchev–Trinajstić information content (AvgIpc) is 2.31. The molecule has 0 amide bonds. The van der Waals surface area contributed by atoms with E-state index in [0.29, 0.717) is 11.3 Å². The number of piperidine rings is 1. The van der Waals surface area contributed by atoms with Gasteiger partial charge in [0.1, 0.15) is 23.5 Å². The molecule has 0 radical (unpaired) electrons. The summed E-state index contributed by atoms with van der Waals surface area (Å²) in [7, 11) is 0. The van der Waals surface area contributed by atoms with Crippen LogP contribution in [0, 0.1) is 11.3 Å². The van der Waals surface area contributed by atoms with Crippen LogP contribution < -0.4 is 10.1 Å². The average molecular weight is 281 g/mol. The Morgan fingerprint density at radius 3 is 3.06 bits per heavy atom. The molecule has 84 valence electrons. The second-order valence-corrected chi connectivity index (χ2v) is 4.67. The molecule has 1 aromatic rings. The standard InChI is InChI=1S/C12H13BrN2O/c13-11-4-1-5-12(10(11)7-14)16-9-3-2-6-15-8-9/h1,4-5,9,15H,2-3,6,8H2/t9-/m0/s1. The third-order valence-electron chi connectivity index (χ3n) is 2.63. The molecule has 1 heterocycles. The Labute approximate surface area is 104 Å². The number of nitrogens with one attached hydrogen (secondary N) is 1. The van der Waals surface area contributed by atoms with E-state index in [2.05, 4.69) is 27.3 Å². The zero-order valence-electron chi connectivity index (χ0n) is 8.87. The summed E-state index contributed by atoms with van der Waals surface area (Å²) in [6, 6.07) is 7.74. The highest BCUT2D eigenvalue weighted by atomic mass is 79.9. The van der Waals surface area contributed by atoms with Crippen LogP contribution in [0.15, 0.2) is 22.7 Å². The van der Waals surface area contributed by atoms with Gasteiger partial charge in [0.2, 0.25) is 0 Å². The number of hydrogen-bond acceptors (Lipinski definition) is 3. The summed E-state index contributed by atoms with van der Waals surface area (Å²) in [6.45, 7) is 1.92. The highest BCUT2D eigenvalue weighted by Gasteiger charge is 2.16. The van der Waals surface area contributed by atoms with E-state index in [-0.39, 0.29) is 6.10 Å². The van der Waals surface area contributed by atoms with Crippen LogP contribution in [0.2, 0.25) is 0 Å². The number of nitrogens with zero attached hydrogens (tertiary/aromatic N) is 1. The molecule has 3 nitrogen and oxygen atoms in total. The van der Waals surface area contributed by atoms with Crippen LogP contribution in [0.4, 0.5) is 0 Å². The first-order chi connectivity index (χ1) is 7.81. The maximum absolute atomic E-state index is 9.05. The third kappa shape index (κ3) is 2.55. The van der Waals surface area contributed by atoms with Crippen LogP contribution >= 0.6 is 15.9 Å². The second-order valence-electron chi connectivity index (χ2n) is 3.81. The van der Waals surface area contributed by atoms with E-state index in [1.54, 1.807) is 0 Å². The lowest BCUT2D eigenvalue weighted by Crippen LogP contribution is -2.37. The molecular weight excluding hydrogens is 268 g/mol. The van der Waals surface area contributed by atoms with Crippen molar-refractivity contribution < 1.29 is 4.74 Å². The molecule has 1 aromatic carbocycles. The predicted octanol–water partition coefficient (Wildman–Crippen LogP) is 2.45. The first-order valence-corrected chi connectivity index (χ1v) is 6.16. The summed E-state index contributed by atoms with van der Waals surface area (Å²) in [5.74, 6) is 0.672. The van der Waals surface area contributed by atoms with Gasteiger partial charge in [0.25, 0.3) is 0 Å². The summed E-state index contributed by atoms with van der Waals surface area (Å²) < 4.78 is 6.63. The summed E-state index contributed by atoms with van der Waals surface area (Å²) in [5.41, 5.74) is 0.577. The molecule has 2 rings (SSSR count). The van der Waals surface area contributed by atoms with Crippen LogP contribution in [0.3, 0.4) is 0 Å². The quantitative estimate of drug-likeness (QED) is 0.905. The van der Waals surface area contributed by atoms with Gasteiger partial charge in [0.15, 0.2) is 0 Å². The van der Waals surface area contributed by atoms with E-state index in [0.717, 1.165) is 30.4 Å². The molecule has 0 unspecified atom stereocenters. The highest BCUT2D eigenvalue weighted by molar-refractivity contribution is 9.10. The minimum absolute atomic E-state index is 0.176. The van der Waals surface area contributed by atoms with Crippen LogP contribution in [0.25, 0.3) is 0 Å². The van der Waals surface area contributed by atoms with Crippen molar-refractivity contribution in [1.82, 2.24) is 5.32 Å². The lowest BCUT2D eigenvalue weighted by molar-refractivity contribution is 0.166. The molecule has 0 spiro atoms. The fourth-order valence-electron chi connectivity index (χ4n) is 1.81. The molecule has 0 aromatic heterocycles. The van der Waals surface area contributed by atoms with Gasteiger partial charge >= 0.3 is 0 Å². The van der Waals surface area contributed by atoms with Crippen molar-refractivity contribution in [3.05, 3.63) is 28.2 Å². The van der Waals surface area contributed by atoms with E-state index < -0.39 is 0 Å². The second kappa shape index (κ2) is 5.33. The summed E-state index contributed by atoms with van der Waals surface area (Å²) in [4.78, 5) is 0. The van der Waals surface area contributed by atoms with Gasteiger partial charge in [0, 0.05) is 11.0 Å². The third-order valence-corrected chi connectivity index (χ3v) is 3.29. The Balaban J connectivity index is 2.14. The molecule has 1 saturated heterocycles. The van der Waals surface area contributed by atoms with Crippen molar-refractivity contribution in [1.29, 1.82) is 5.26 Å². The topological polar surface area (TPSA) is 45.0 Å². The molecule has 1 aliphatic rings. The molecule has 1 aliphatic heterocycles. The number of halogens is 1. The van der Waals surface area contributed by atoms with Gasteiger partial charge in [0.05, 0.1) is 0 Å². The lowest BCUT2D eigenvalue weighted by Gasteiger charge is -2.24.